The number of pyridine rings is 1. The average molecular weight is 484 g/mol. The number of piperidine rings is 1. The van der Waals surface area contributed by atoms with E-state index in [1.54, 1.807) is 7.11 Å². The molecule has 6 rings (SSSR count). The summed E-state index contributed by atoms with van der Waals surface area (Å²) in [6, 6.07) is 22.8. The molecule has 1 amide bonds. The summed E-state index contributed by atoms with van der Waals surface area (Å²) in [7, 11) is 1.79. The SMILES string of the molecule is CO[C@@H]1[C@@H](NC(=O)c2cccs2)c2ccccc2C12CCN(Cc1cccc3cccnc13)CC2. The Balaban J connectivity index is 1.25. The van der Waals surface area contributed by atoms with Crippen LogP contribution in [0.3, 0.4) is 0 Å². The van der Waals surface area contributed by atoms with Gasteiger partial charge in [-0.25, -0.2) is 0 Å². The smallest absolute Gasteiger partial charge is 0.261 e. The Morgan fingerprint density at radius 2 is 1.91 bits per heavy atom. The monoisotopic (exact) mass is 483 g/mol. The van der Waals surface area contributed by atoms with Crippen LogP contribution in [0.25, 0.3) is 10.9 Å². The molecule has 2 atom stereocenters. The van der Waals surface area contributed by atoms with Crippen LogP contribution in [0.4, 0.5) is 0 Å². The Morgan fingerprint density at radius 1 is 1.09 bits per heavy atom. The van der Waals surface area contributed by atoms with Crippen LogP contribution in [0.2, 0.25) is 0 Å². The predicted molar refractivity (Wildman–Crippen MR) is 140 cm³/mol. The molecule has 1 aliphatic heterocycles. The molecule has 3 heterocycles. The molecule has 1 fully saturated rings. The van der Waals surface area contributed by atoms with Crippen molar-refractivity contribution in [1.82, 2.24) is 15.2 Å². The third-order valence-electron chi connectivity index (χ3n) is 7.82. The Hall–Kier alpha value is -3.06. The zero-order chi connectivity index (χ0) is 23.8. The van der Waals surface area contributed by atoms with Gasteiger partial charge in [0.25, 0.3) is 5.91 Å². The van der Waals surface area contributed by atoms with Gasteiger partial charge in [0.15, 0.2) is 0 Å². The zero-order valence-electron chi connectivity index (χ0n) is 19.8. The molecule has 6 heteroatoms. The van der Waals surface area contributed by atoms with E-state index in [0.717, 1.165) is 42.9 Å². The number of rotatable bonds is 5. The molecule has 1 aliphatic carbocycles. The third kappa shape index (κ3) is 3.86. The number of nitrogens with zero attached hydrogens (tertiary/aromatic N) is 2. The maximum atomic E-state index is 13.0. The van der Waals surface area contributed by atoms with Crippen LogP contribution in [0.1, 0.15) is 45.2 Å². The Bertz CT molecular complexity index is 1340. The van der Waals surface area contributed by atoms with E-state index < -0.39 is 0 Å². The number of nitrogens with one attached hydrogen (secondary N) is 1. The second kappa shape index (κ2) is 9.19. The first-order valence-corrected chi connectivity index (χ1v) is 13.1. The summed E-state index contributed by atoms with van der Waals surface area (Å²) >= 11 is 1.47. The van der Waals surface area contributed by atoms with Gasteiger partial charge in [-0.1, -0.05) is 54.6 Å². The lowest BCUT2D eigenvalue weighted by atomic mass is 9.71. The van der Waals surface area contributed by atoms with Gasteiger partial charge in [0.05, 0.1) is 22.5 Å². The highest BCUT2D eigenvalue weighted by Crippen LogP contribution is 2.52. The number of likely N-dealkylation sites (tertiary alicyclic amines) is 1. The van der Waals surface area contributed by atoms with Gasteiger partial charge in [-0.05, 0) is 60.1 Å². The third-order valence-corrected chi connectivity index (χ3v) is 8.69. The van der Waals surface area contributed by atoms with Crippen molar-refractivity contribution in [2.24, 2.45) is 0 Å². The van der Waals surface area contributed by atoms with Gasteiger partial charge in [-0.15, -0.1) is 11.3 Å². The first kappa shape index (κ1) is 22.4. The van der Waals surface area contributed by atoms with E-state index in [0.29, 0.717) is 0 Å². The van der Waals surface area contributed by atoms with Crippen molar-refractivity contribution in [3.8, 4) is 0 Å². The summed E-state index contributed by atoms with van der Waals surface area (Å²) in [5.74, 6) is -0.0280. The van der Waals surface area contributed by atoms with Gasteiger partial charge in [0.2, 0.25) is 0 Å². The highest BCUT2D eigenvalue weighted by atomic mass is 32.1. The molecule has 0 saturated carbocycles. The number of aromatic nitrogens is 1. The summed E-state index contributed by atoms with van der Waals surface area (Å²) in [6.07, 6.45) is 3.77. The second-order valence-corrected chi connectivity index (χ2v) is 10.5. The van der Waals surface area contributed by atoms with E-state index in [1.807, 2.05) is 29.8 Å². The minimum Gasteiger partial charge on any atom is -0.378 e. The number of benzene rings is 2. The van der Waals surface area contributed by atoms with Crippen LogP contribution in [0.15, 0.2) is 78.3 Å². The van der Waals surface area contributed by atoms with Crippen LogP contribution >= 0.6 is 11.3 Å². The van der Waals surface area contributed by atoms with E-state index in [2.05, 4.69) is 63.7 Å². The number of amides is 1. The topological polar surface area (TPSA) is 54.5 Å². The van der Waals surface area contributed by atoms with Crippen molar-refractivity contribution < 1.29 is 9.53 Å². The van der Waals surface area contributed by atoms with Crippen LogP contribution in [0.5, 0.6) is 0 Å². The second-order valence-electron chi connectivity index (χ2n) is 9.60. The summed E-state index contributed by atoms with van der Waals surface area (Å²) in [5, 5.41) is 6.43. The number of hydrogen-bond donors (Lipinski definition) is 1. The average Bonchev–Trinajstić information content (AvgIpc) is 3.52. The van der Waals surface area contributed by atoms with E-state index in [9.17, 15) is 4.79 Å². The molecule has 0 radical (unpaired) electrons. The Morgan fingerprint density at radius 3 is 2.71 bits per heavy atom. The number of para-hydroxylation sites is 1. The van der Waals surface area contributed by atoms with Gasteiger partial charge >= 0.3 is 0 Å². The lowest BCUT2D eigenvalue weighted by Gasteiger charge is -2.44. The first-order valence-electron chi connectivity index (χ1n) is 12.2. The molecule has 1 saturated heterocycles. The van der Waals surface area contributed by atoms with Crippen molar-refractivity contribution in [1.29, 1.82) is 0 Å². The summed E-state index contributed by atoms with van der Waals surface area (Å²) < 4.78 is 6.19. The van der Waals surface area contributed by atoms with Crippen molar-refractivity contribution in [3.05, 3.63) is 99.9 Å². The highest BCUT2D eigenvalue weighted by molar-refractivity contribution is 7.12. The number of fused-ring (bicyclic) bond motifs is 3. The maximum Gasteiger partial charge on any atom is 0.261 e. The molecule has 1 N–H and O–H groups in total. The van der Waals surface area contributed by atoms with Gasteiger partial charge in [0.1, 0.15) is 0 Å². The summed E-state index contributed by atoms with van der Waals surface area (Å²) in [5.41, 5.74) is 4.78. The lowest BCUT2D eigenvalue weighted by Crippen LogP contribution is -2.50. The van der Waals surface area contributed by atoms with Crippen molar-refractivity contribution >= 4 is 28.1 Å². The normalized spacial score (nSPS) is 21.3. The zero-order valence-corrected chi connectivity index (χ0v) is 20.6. The molecule has 35 heavy (non-hydrogen) atoms. The Kier molecular flexibility index (Phi) is 5.88. The molecule has 0 bridgehead atoms. The van der Waals surface area contributed by atoms with Crippen LogP contribution < -0.4 is 5.32 Å². The van der Waals surface area contributed by atoms with E-state index in [-0.39, 0.29) is 23.5 Å². The molecule has 2 aliphatic rings. The van der Waals surface area contributed by atoms with E-state index >= 15 is 0 Å². The predicted octanol–water partition coefficient (Wildman–Crippen LogP) is 5.33. The van der Waals surface area contributed by atoms with Crippen molar-refractivity contribution in [3.63, 3.8) is 0 Å². The molecule has 5 nitrogen and oxygen atoms in total. The van der Waals surface area contributed by atoms with Crippen LogP contribution in [-0.2, 0) is 16.7 Å². The van der Waals surface area contributed by atoms with E-state index in [4.69, 9.17) is 4.74 Å². The quantitative estimate of drug-likeness (QED) is 0.417. The largest absolute Gasteiger partial charge is 0.378 e. The minimum atomic E-state index is -0.153. The number of thiophene rings is 1. The number of carbonyl (C=O) groups is 1. The molecule has 2 aromatic heterocycles. The standard InChI is InChI=1S/C29H29N3O2S/c1-34-27-26(31-28(33)24-12-6-18-35-24)22-10-2-3-11-23(22)29(27)13-16-32(17-14-29)19-21-8-4-7-20-9-5-15-30-25(20)21/h2-12,15,18,26-27H,13-14,16-17,19H2,1H3,(H,31,33)/t26-,27+/m0/s1. The molecule has 2 aromatic carbocycles. The highest BCUT2D eigenvalue weighted by Gasteiger charge is 2.54. The molecule has 4 aromatic rings. The molecule has 178 valence electrons. The molecular weight excluding hydrogens is 454 g/mol. The van der Waals surface area contributed by atoms with Crippen molar-refractivity contribution in [2.45, 2.75) is 36.9 Å². The fraction of sp³-hybridized carbons (Fsp3) is 0.310. The minimum absolute atomic E-state index is 0.0280. The van der Waals surface area contributed by atoms with Gasteiger partial charge < -0.3 is 10.1 Å². The van der Waals surface area contributed by atoms with Crippen LogP contribution in [0, 0.1) is 0 Å². The number of methoxy groups -OCH3 is 1. The summed E-state index contributed by atoms with van der Waals surface area (Å²) in [6.45, 7) is 2.84. The fourth-order valence-electron chi connectivity index (χ4n) is 6.19. The number of ether oxygens (including phenoxy) is 1. The number of carbonyl (C=O) groups excluding carboxylic acids is 1. The van der Waals surface area contributed by atoms with Gasteiger partial charge in [0, 0.05) is 30.7 Å². The Labute approximate surface area is 209 Å². The van der Waals surface area contributed by atoms with Crippen molar-refractivity contribution in [2.75, 3.05) is 20.2 Å². The molecular formula is C29H29N3O2S. The lowest BCUT2D eigenvalue weighted by molar-refractivity contribution is -0.0121. The molecule has 0 unspecified atom stereocenters. The van der Waals surface area contributed by atoms with E-state index in [1.165, 1.54) is 33.4 Å². The summed E-state index contributed by atoms with van der Waals surface area (Å²) in [4.78, 5) is 20.9. The van der Waals surface area contributed by atoms with Crippen LogP contribution in [-0.4, -0.2) is 42.1 Å². The van der Waals surface area contributed by atoms with Gasteiger partial charge in [-0.2, -0.15) is 0 Å². The maximum absolute atomic E-state index is 13.0. The fourth-order valence-corrected chi connectivity index (χ4v) is 6.82. The first-order chi connectivity index (χ1) is 17.2. The van der Waals surface area contributed by atoms with Gasteiger partial charge in [-0.3, -0.25) is 14.7 Å². The number of hydrogen-bond acceptors (Lipinski definition) is 5. The molecule has 1 spiro atoms.